The minimum Gasteiger partial charge on any atom is -0.337 e. The minimum absolute atomic E-state index is 0.132. The topological polar surface area (TPSA) is 79.0 Å². The molecule has 1 aromatic carbocycles. The number of hydrogen-bond acceptors (Lipinski definition) is 5. The van der Waals surface area contributed by atoms with E-state index in [0.717, 1.165) is 5.69 Å². The highest BCUT2D eigenvalue weighted by Gasteiger charge is 2.26. The van der Waals surface area contributed by atoms with Gasteiger partial charge in [-0.15, -0.1) is 11.3 Å². The van der Waals surface area contributed by atoms with E-state index in [2.05, 4.69) is 15.0 Å². The third-order valence-electron chi connectivity index (χ3n) is 4.85. The molecular formula is C20H19FN4O2S. The maximum absolute atomic E-state index is 14.1. The van der Waals surface area contributed by atoms with Crippen LogP contribution in [-0.4, -0.2) is 38.8 Å². The van der Waals surface area contributed by atoms with Gasteiger partial charge in [0.15, 0.2) is 0 Å². The molecule has 28 heavy (non-hydrogen) atoms. The van der Waals surface area contributed by atoms with Crippen molar-refractivity contribution < 1.29 is 9.18 Å². The smallest absolute Gasteiger partial charge is 0.265 e. The average Bonchev–Trinajstić information content (AvgIpc) is 2.90. The summed E-state index contributed by atoms with van der Waals surface area (Å²) in [5.74, 6) is 0.0797. The normalized spacial score (nSPS) is 13.9. The third-order valence-corrected chi connectivity index (χ3v) is 6.03. The van der Waals surface area contributed by atoms with E-state index >= 15 is 0 Å². The van der Waals surface area contributed by atoms with Crippen LogP contribution in [0.2, 0.25) is 0 Å². The van der Waals surface area contributed by atoms with E-state index < -0.39 is 0 Å². The molecule has 3 heterocycles. The van der Waals surface area contributed by atoms with Gasteiger partial charge in [0, 0.05) is 30.6 Å². The zero-order valence-corrected chi connectivity index (χ0v) is 16.4. The van der Waals surface area contributed by atoms with Gasteiger partial charge in [0.25, 0.3) is 11.5 Å². The number of hydrogen-bond donors (Lipinski definition) is 1. The first kappa shape index (κ1) is 18.5. The number of benzene rings is 1. The lowest BCUT2D eigenvalue weighted by atomic mass is 10.1. The Bertz CT molecular complexity index is 1120. The van der Waals surface area contributed by atoms with Crippen molar-refractivity contribution in [2.24, 2.45) is 0 Å². The summed E-state index contributed by atoms with van der Waals surface area (Å²) in [6.45, 7) is 4.43. The molecule has 144 valence electrons. The lowest BCUT2D eigenvalue weighted by molar-refractivity contribution is 0.0767. The van der Waals surface area contributed by atoms with E-state index in [0.29, 0.717) is 58.5 Å². The van der Waals surface area contributed by atoms with Crippen LogP contribution in [0.4, 0.5) is 4.39 Å². The molecule has 1 amide bonds. The number of carbonyl (C=O) groups excluding carboxylic acids is 1. The Labute approximate surface area is 165 Å². The van der Waals surface area contributed by atoms with E-state index in [-0.39, 0.29) is 17.3 Å². The van der Waals surface area contributed by atoms with Crippen LogP contribution in [0.3, 0.4) is 0 Å². The van der Waals surface area contributed by atoms with Gasteiger partial charge in [-0.25, -0.2) is 14.4 Å². The molecule has 1 aliphatic heterocycles. The number of amides is 1. The molecule has 0 atom stereocenters. The van der Waals surface area contributed by atoms with Crippen molar-refractivity contribution in [1.82, 2.24) is 19.9 Å². The molecule has 4 rings (SSSR count). The van der Waals surface area contributed by atoms with Gasteiger partial charge in [-0.3, -0.25) is 9.59 Å². The van der Waals surface area contributed by atoms with Crippen LogP contribution >= 0.6 is 11.3 Å². The van der Waals surface area contributed by atoms with E-state index in [1.165, 1.54) is 17.4 Å². The Hall–Kier alpha value is -2.87. The molecule has 0 fully saturated rings. The van der Waals surface area contributed by atoms with E-state index in [1.54, 1.807) is 36.9 Å². The van der Waals surface area contributed by atoms with Gasteiger partial charge in [0.1, 0.15) is 21.5 Å². The van der Waals surface area contributed by atoms with Crippen molar-refractivity contribution >= 4 is 17.2 Å². The molecule has 8 heteroatoms. The van der Waals surface area contributed by atoms with Crippen molar-refractivity contribution in [1.29, 1.82) is 0 Å². The number of nitrogens with zero attached hydrogens (tertiary/aromatic N) is 3. The summed E-state index contributed by atoms with van der Waals surface area (Å²) in [5, 5.41) is 0.491. The first-order valence-electron chi connectivity index (χ1n) is 9.04. The van der Waals surface area contributed by atoms with Crippen LogP contribution in [0.5, 0.6) is 0 Å². The second kappa shape index (κ2) is 7.27. The van der Waals surface area contributed by atoms with Crippen molar-refractivity contribution in [2.45, 2.75) is 26.7 Å². The van der Waals surface area contributed by atoms with Crippen molar-refractivity contribution in [2.75, 3.05) is 13.1 Å². The second-order valence-corrected chi connectivity index (χ2v) is 7.78. The van der Waals surface area contributed by atoms with Crippen molar-refractivity contribution in [3.63, 3.8) is 0 Å². The van der Waals surface area contributed by atoms with Gasteiger partial charge in [0.2, 0.25) is 0 Å². The number of nitrogens with one attached hydrogen (secondary N) is 1. The van der Waals surface area contributed by atoms with Gasteiger partial charge in [-0.2, -0.15) is 0 Å². The lowest BCUT2D eigenvalue weighted by Gasteiger charge is -2.19. The number of halogens is 1. The highest BCUT2D eigenvalue weighted by Crippen LogP contribution is 2.30. The predicted molar refractivity (Wildman–Crippen MR) is 105 cm³/mol. The molecule has 6 nitrogen and oxygen atoms in total. The number of thiazole rings is 1. The molecule has 0 bridgehead atoms. The molecule has 2 aromatic heterocycles. The van der Waals surface area contributed by atoms with Crippen LogP contribution in [-0.2, 0) is 12.8 Å². The summed E-state index contributed by atoms with van der Waals surface area (Å²) < 4.78 is 14.1. The van der Waals surface area contributed by atoms with Crippen molar-refractivity contribution in [3.8, 4) is 10.6 Å². The number of aromatic amines is 1. The maximum Gasteiger partial charge on any atom is 0.265 e. The van der Waals surface area contributed by atoms with Gasteiger partial charge >= 0.3 is 0 Å². The number of rotatable bonds is 2. The third kappa shape index (κ3) is 3.35. The largest absolute Gasteiger partial charge is 0.337 e. The molecule has 1 aliphatic rings. The number of fused-ring (bicyclic) bond motifs is 1. The zero-order chi connectivity index (χ0) is 19.8. The van der Waals surface area contributed by atoms with E-state index in [4.69, 9.17) is 0 Å². The highest BCUT2D eigenvalue weighted by molar-refractivity contribution is 7.17. The number of H-pyrrole nitrogens is 1. The summed E-state index contributed by atoms with van der Waals surface area (Å²) in [6, 6.07) is 6.41. The Morgan fingerprint density at radius 2 is 1.93 bits per heavy atom. The minimum atomic E-state index is -0.360. The molecule has 0 saturated carbocycles. The fraction of sp³-hybridized carbons (Fsp3) is 0.300. The Balaban J connectivity index is 1.60. The monoisotopic (exact) mass is 398 g/mol. The van der Waals surface area contributed by atoms with Crippen LogP contribution < -0.4 is 5.56 Å². The fourth-order valence-electron chi connectivity index (χ4n) is 3.42. The maximum atomic E-state index is 14.1. The Morgan fingerprint density at radius 1 is 1.18 bits per heavy atom. The van der Waals surface area contributed by atoms with Gasteiger partial charge < -0.3 is 9.88 Å². The highest BCUT2D eigenvalue weighted by atomic mass is 32.1. The van der Waals surface area contributed by atoms with Gasteiger partial charge in [0.05, 0.1) is 11.4 Å². The molecular weight excluding hydrogens is 379 g/mol. The molecule has 0 aliphatic carbocycles. The lowest BCUT2D eigenvalue weighted by Crippen LogP contribution is -2.33. The molecule has 0 unspecified atom stereocenters. The summed E-state index contributed by atoms with van der Waals surface area (Å²) in [7, 11) is 0. The molecule has 1 N–H and O–H groups in total. The first-order chi connectivity index (χ1) is 13.4. The van der Waals surface area contributed by atoms with E-state index in [1.807, 2.05) is 0 Å². The number of carbonyl (C=O) groups is 1. The summed E-state index contributed by atoms with van der Waals surface area (Å²) in [5.41, 5.74) is 2.25. The molecule has 3 aromatic rings. The van der Waals surface area contributed by atoms with Gasteiger partial charge in [-0.1, -0.05) is 12.1 Å². The van der Waals surface area contributed by atoms with E-state index in [9.17, 15) is 14.0 Å². The average molecular weight is 398 g/mol. The first-order valence-corrected chi connectivity index (χ1v) is 9.86. The van der Waals surface area contributed by atoms with Crippen LogP contribution in [0.25, 0.3) is 10.6 Å². The van der Waals surface area contributed by atoms with Gasteiger partial charge in [-0.05, 0) is 32.4 Å². The number of aryl methyl sites for hydroxylation is 2. The van der Waals surface area contributed by atoms with Crippen LogP contribution in [0, 0.1) is 19.7 Å². The number of aromatic nitrogens is 3. The Morgan fingerprint density at radius 3 is 2.71 bits per heavy atom. The summed E-state index contributed by atoms with van der Waals surface area (Å²) >= 11 is 1.20. The summed E-state index contributed by atoms with van der Waals surface area (Å²) in [6.07, 6.45) is 0.992. The Kier molecular flexibility index (Phi) is 4.80. The molecule has 0 saturated heterocycles. The molecule has 0 spiro atoms. The molecule has 0 radical (unpaired) electrons. The van der Waals surface area contributed by atoms with Crippen molar-refractivity contribution in [3.05, 3.63) is 68.1 Å². The quantitative estimate of drug-likeness (QED) is 0.720. The summed E-state index contributed by atoms with van der Waals surface area (Å²) in [4.78, 5) is 39.1. The standard InChI is InChI=1S/C20H19FN4O2S/c1-11-17(28-19(22-11)13-5-3-4-6-15(13)21)20(27)25-9-7-14-16(8-10-25)23-12(2)24-18(14)26/h3-6H,7-10H2,1-2H3,(H,23,24,26). The van der Waals surface area contributed by atoms with Crippen LogP contribution in [0.15, 0.2) is 29.1 Å². The second-order valence-electron chi connectivity index (χ2n) is 6.78. The van der Waals surface area contributed by atoms with Crippen LogP contribution in [0.1, 0.15) is 32.4 Å². The SMILES string of the molecule is Cc1nc2c(c(=O)[nH]1)CCN(C(=O)c1sc(-c3ccccc3F)nc1C)CC2. The fourth-order valence-corrected chi connectivity index (χ4v) is 4.49. The zero-order valence-electron chi connectivity index (χ0n) is 15.6. The predicted octanol–water partition coefficient (Wildman–Crippen LogP) is 2.89.